The minimum Gasteiger partial charge on any atom is -0.507 e. The number of ether oxygens (including phenoxy) is 1. The molecule has 4 fully saturated rings. The van der Waals surface area contributed by atoms with Gasteiger partial charge < -0.3 is 35.2 Å². The van der Waals surface area contributed by atoms with Gasteiger partial charge in [-0.1, -0.05) is 54.6 Å². The SMILES string of the molecule is Nc1nnc(-c2ccccc2O)cc1N1CCC(C(=O)N2CCN(C(=O)CCCN3CCC(c4ccc(OC5CCC(=O)NC5=O)cc4)CC3)CC2)(c2ccccc2)CC1. The predicted molar refractivity (Wildman–Crippen MR) is 227 cm³/mol. The van der Waals surface area contributed by atoms with Crippen molar-refractivity contribution in [2.24, 2.45) is 0 Å². The zero-order chi connectivity index (χ0) is 41.6. The molecule has 1 aromatic heterocycles. The number of hydrogen-bond donors (Lipinski definition) is 3. The lowest BCUT2D eigenvalue weighted by Gasteiger charge is -2.46. The maximum absolute atomic E-state index is 14.6. The second-order valence-electron chi connectivity index (χ2n) is 16.5. The fourth-order valence-corrected chi connectivity index (χ4v) is 9.31. The Balaban J connectivity index is 0.796. The molecule has 314 valence electrons. The second kappa shape index (κ2) is 18.1. The number of para-hydroxylation sites is 1. The van der Waals surface area contributed by atoms with Crippen molar-refractivity contribution >= 4 is 35.1 Å². The molecule has 0 bridgehead atoms. The van der Waals surface area contributed by atoms with Crippen molar-refractivity contribution in [1.82, 2.24) is 30.2 Å². The normalized spacial score (nSPS) is 20.1. The number of carbonyl (C=O) groups is 4. The first-order valence-corrected chi connectivity index (χ1v) is 21.3. The number of carbonyl (C=O) groups excluding carboxylic acids is 4. The summed E-state index contributed by atoms with van der Waals surface area (Å²) in [5.41, 5.74) is 9.74. The molecule has 0 radical (unpaired) electrons. The second-order valence-corrected chi connectivity index (χ2v) is 16.5. The van der Waals surface area contributed by atoms with Gasteiger partial charge >= 0.3 is 0 Å². The van der Waals surface area contributed by atoms with E-state index in [1.165, 1.54) is 5.56 Å². The van der Waals surface area contributed by atoms with Crippen molar-refractivity contribution in [2.45, 2.75) is 68.8 Å². The first-order chi connectivity index (χ1) is 29.2. The van der Waals surface area contributed by atoms with Crippen LogP contribution in [0.15, 0.2) is 84.9 Å². The molecule has 1 atom stereocenters. The molecule has 60 heavy (non-hydrogen) atoms. The largest absolute Gasteiger partial charge is 0.507 e. The highest BCUT2D eigenvalue weighted by Gasteiger charge is 2.46. The molecule has 1 unspecified atom stereocenters. The Hall–Kier alpha value is -6.02. The van der Waals surface area contributed by atoms with Gasteiger partial charge in [0.15, 0.2) is 11.9 Å². The third kappa shape index (κ3) is 8.93. The van der Waals surface area contributed by atoms with E-state index >= 15 is 0 Å². The van der Waals surface area contributed by atoms with Gasteiger partial charge in [0.2, 0.25) is 17.7 Å². The molecule has 4 aromatic rings. The number of piperidine rings is 3. The minimum atomic E-state index is -0.706. The molecule has 0 aliphatic carbocycles. The van der Waals surface area contributed by atoms with Gasteiger partial charge in [-0.05, 0) is 99.1 Å². The summed E-state index contributed by atoms with van der Waals surface area (Å²) < 4.78 is 5.84. The molecule has 8 rings (SSSR count). The van der Waals surface area contributed by atoms with Crippen LogP contribution < -0.4 is 20.7 Å². The standard InChI is InChI=1S/C46H54N8O6/c47-43-38(31-37(49-50-43)36-9-4-5-10-39(36)55)52-25-20-46(21-26-52,34-7-2-1-3-8-34)45(59)54-29-27-53(28-30-54)42(57)11-6-22-51-23-18-33(19-24-51)32-12-14-35(15-13-32)60-40-16-17-41(56)48-44(40)58/h1-5,7-10,12-15,31,33,40,55H,6,11,16-30H2,(H2,47,50)(H,48,56,58). The Kier molecular flexibility index (Phi) is 12.3. The Morgan fingerprint density at radius 1 is 0.817 bits per heavy atom. The van der Waals surface area contributed by atoms with Crippen molar-refractivity contribution in [3.63, 3.8) is 0 Å². The number of anilines is 2. The molecule has 0 saturated carbocycles. The lowest BCUT2D eigenvalue weighted by atomic mass is 9.71. The maximum Gasteiger partial charge on any atom is 0.267 e. The third-order valence-electron chi connectivity index (χ3n) is 12.9. The number of piperazine rings is 1. The fraction of sp³-hybridized carbons (Fsp3) is 0.435. The number of nitrogen functional groups attached to an aromatic ring is 1. The number of phenolic OH excluding ortho intramolecular Hbond substituents is 1. The summed E-state index contributed by atoms with van der Waals surface area (Å²) >= 11 is 0. The summed E-state index contributed by atoms with van der Waals surface area (Å²) in [5.74, 6) is 1.12. The Morgan fingerprint density at radius 2 is 1.50 bits per heavy atom. The predicted octanol–water partition coefficient (Wildman–Crippen LogP) is 4.48. The van der Waals surface area contributed by atoms with E-state index in [0.717, 1.165) is 50.1 Å². The van der Waals surface area contributed by atoms with Crippen LogP contribution in [-0.2, 0) is 24.6 Å². The molecule has 4 N–H and O–H groups in total. The quantitative estimate of drug-likeness (QED) is 0.182. The van der Waals surface area contributed by atoms with Crippen molar-refractivity contribution in [2.75, 3.05) is 69.5 Å². The van der Waals surface area contributed by atoms with E-state index in [1.807, 2.05) is 52.3 Å². The van der Waals surface area contributed by atoms with Crippen LogP contribution in [0.2, 0.25) is 0 Å². The first-order valence-electron chi connectivity index (χ1n) is 21.3. The molecule has 0 spiro atoms. The van der Waals surface area contributed by atoms with Crippen LogP contribution in [0, 0.1) is 0 Å². The van der Waals surface area contributed by atoms with Crippen LogP contribution in [0.5, 0.6) is 11.5 Å². The molecular formula is C46H54N8O6. The molecule has 4 amide bonds. The zero-order valence-electron chi connectivity index (χ0n) is 34.0. The molecule has 14 nitrogen and oxygen atoms in total. The van der Waals surface area contributed by atoms with E-state index in [1.54, 1.807) is 18.2 Å². The minimum absolute atomic E-state index is 0.107. The van der Waals surface area contributed by atoms with Gasteiger partial charge in [0, 0.05) is 64.1 Å². The van der Waals surface area contributed by atoms with E-state index < -0.39 is 11.5 Å². The number of nitrogens with zero attached hydrogens (tertiary/aromatic N) is 6. The average Bonchev–Trinajstić information content (AvgIpc) is 3.28. The van der Waals surface area contributed by atoms with Gasteiger partial charge in [-0.25, -0.2) is 0 Å². The van der Waals surface area contributed by atoms with E-state index in [-0.39, 0.29) is 35.8 Å². The Labute approximate surface area is 350 Å². The van der Waals surface area contributed by atoms with Gasteiger partial charge in [0.05, 0.1) is 16.8 Å². The highest BCUT2D eigenvalue weighted by molar-refractivity contribution is 6.00. The number of likely N-dealkylation sites (tertiary alicyclic amines) is 1. The van der Waals surface area contributed by atoms with Crippen LogP contribution in [0.4, 0.5) is 11.5 Å². The molecule has 4 saturated heterocycles. The number of imide groups is 1. The number of phenols is 1. The number of nitrogens with two attached hydrogens (primary N) is 1. The maximum atomic E-state index is 14.6. The van der Waals surface area contributed by atoms with E-state index in [9.17, 15) is 24.3 Å². The number of nitrogens with one attached hydrogen (secondary N) is 1. The van der Waals surface area contributed by atoms with Crippen molar-refractivity contribution < 1.29 is 29.0 Å². The zero-order valence-corrected chi connectivity index (χ0v) is 34.0. The highest BCUT2D eigenvalue weighted by Crippen LogP contribution is 2.41. The van der Waals surface area contributed by atoms with Crippen LogP contribution in [0.3, 0.4) is 0 Å². The Morgan fingerprint density at radius 3 is 2.20 bits per heavy atom. The van der Waals surface area contributed by atoms with Crippen molar-refractivity contribution in [1.29, 1.82) is 0 Å². The van der Waals surface area contributed by atoms with Gasteiger partial charge in [-0.15, -0.1) is 10.2 Å². The number of aromatic nitrogens is 2. The lowest BCUT2D eigenvalue weighted by Crippen LogP contribution is -2.58. The number of benzene rings is 3. The monoisotopic (exact) mass is 814 g/mol. The van der Waals surface area contributed by atoms with Gasteiger partial charge in [0.25, 0.3) is 5.91 Å². The highest BCUT2D eigenvalue weighted by atomic mass is 16.5. The summed E-state index contributed by atoms with van der Waals surface area (Å²) in [6.45, 7) is 6.06. The topological polar surface area (TPSA) is 175 Å². The fourth-order valence-electron chi connectivity index (χ4n) is 9.31. The summed E-state index contributed by atoms with van der Waals surface area (Å²) in [6, 6.07) is 26.9. The van der Waals surface area contributed by atoms with Crippen molar-refractivity contribution in [3.8, 4) is 22.8 Å². The number of rotatable bonds is 11. The summed E-state index contributed by atoms with van der Waals surface area (Å²) in [7, 11) is 0. The number of hydrogen-bond acceptors (Lipinski definition) is 11. The van der Waals surface area contributed by atoms with Crippen LogP contribution in [-0.4, -0.2) is 119 Å². The average molecular weight is 815 g/mol. The molecule has 5 heterocycles. The molecular weight excluding hydrogens is 761 g/mol. The van der Waals surface area contributed by atoms with Gasteiger partial charge in [-0.3, -0.25) is 24.5 Å². The number of amides is 4. The molecule has 4 aliphatic heterocycles. The van der Waals surface area contributed by atoms with Crippen LogP contribution in [0.1, 0.15) is 68.4 Å². The van der Waals surface area contributed by atoms with Crippen molar-refractivity contribution in [3.05, 3.63) is 96.1 Å². The van der Waals surface area contributed by atoms with Crippen LogP contribution in [0.25, 0.3) is 11.3 Å². The lowest BCUT2D eigenvalue weighted by molar-refractivity contribution is -0.144. The van der Waals surface area contributed by atoms with Gasteiger partial charge in [0.1, 0.15) is 11.5 Å². The summed E-state index contributed by atoms with van der Waals surface area (Å²) in [5, 5.41) is 21.2. The summed E-state index contributed by atoms with van der Waals surface area (Å²) in [6.07, 6.45) is 4.58. The molecule has 14 heteroatoms. The first kappa shape index (κ1) is 40.7. The Bertz CT molecular complexity index is 2160. The summed E-state index contributed by atoms with van der Waals surface area (Å²) in [4.78, 5) is 59.9. The van der Waals surface area contributed by atoms with E-state index in [2.05, 4.69) is 49.6 Å². The smallest absolute Gasteiger partial charge is 0.267 e. The molecule has 3 aromatic carbocycles. The van der Waals surface area contributed by atoms with Crippen LogP contribution >= 0.6 is 0 Å². The third-order valence-corrected chi connectivity index (χ3v) is 12.9. The van der Waals surface area contributed by atoms with E-state index in [0.29, 0.717) is 93.7 Å². The number of aromatic hydroxyl groups is 1. The van der Waals surface area contributed by atoms with Gasteiger partial charge in [-0.2, -0.15) is 0 Å². The molecule has 4 aliphatic rings. The van der Waals surface area contributed by atoms with E-state index in [4.69, 9.17) is 10.5 Å².